The van der Waals surface area contributed by atoms with E-state index in [9.17, 15) is 5.11 Å². The third-order valence-corrected chi connectivity index (χ3v) is 2.94. The number of aromatic nitrogens is 2. The van der Waals surface area contributed by atoms with E-state index in [-0.39, 0.29) is 5.75 Å². The molecule has 0 aliphatic carbocycles. The van der Waals surface area contributed by atoms with Crippen molar-refractivity contribution < 1.29 is 5.11 Å². The average Bonchev–Trinajstić information content (AvgIpc) is 2.75. The molecule has 0 radical (unpaired) electrons. The first-order valence-electron chi connectivity index (χ1n) is 5.48. The number of hydrogen-bond acceptors (Lipinski definition) is 2. The van der Waals surface area contributed by atoms with Crippen molar-refractivity contribution in [2.45, 2.75) is 6.92 Å². The van der Waals surface area contributed by atoms with Gasteiger partial charge in [0.15, 0.2) is 0 Å². The number of phenolic OH excluding ortho intramolecular Hbond substituents is 1. The Morgan fingerprint density at radius 1 is 1.06 bits per heavy atom. The minimum Gasteiger partial charge on any atom is -0.507 e. The van der Waals surface area contributed by atoms with Gasteiger partial charge in [-0.1, -0.05) is 18.2 Å². The van der Waals surface area contributed by atoms with Crippen molar-refractivity contribution in [1.82, 2.24) is 9.38 Å². The summed E-state index contributed by atoms with van der Waals surface area (Å²) < 4.78 is 2.02. The Balaban J connectivity index is 2.33. The van der Waals surface area contributed by atoms with Gasteiger partial charge in [0.2, 0.25) is 0 Å². The third-order valence-electron chi connectivity index (χ3n) is 2.94. The molecule has 0 atom stereocenters. The van der Waals surface area contributed by atoms with Gasteiger partial charge in [0.1, 0.15) is 12.1 Å². The van der Waals surface area contributed by atoms with Crippen molar-refractivity contribution in [3.8, 4) is 17.0 Å². The predicted octanol–water partition coefficient (Wildman–Crippen LogP) is 3.02. The molecule has 3 heteroatoms. The molecule has 1 N–H and O–H groups in total. The summed E-state index contributed by atoms with van der Waals surface area (Å²) in [6.45, 7) is 2.03. The van der Waals surface area contributed by atoms with Gasteiger partial charge in [-0.15, -0.1) is 0 Å². The fourth-order valence-corrected chi connectivity index (χ4v) is 2.04. The standard InChI is InChI=1S/C14H12N2O/c1-10-5-4-7-12-14(15-9-16(10)12)11-6-2-3-8-13(11)17/h2-9,17H,1H3. The monoisotopic (exact) mass is 224 g/mol. The summed E-state index contributed by atoms with van der Waals surface area (Å²) in [7, 11) is 0. The van der Waals surface area contributed by atoms with Crippen LogP contribution in [0.15, 0.2) is 48.8 Å². The maximum Gasteiger partial charge on any atom is 0.125 e. The van der Waals surface area contributed by atoms with E-state index in [0.29, 0.717) is 0 Å². The van der Waals surface area contributed by atoms with Gasteiger partial charge in [-0.25, -0.2) is 4.98 Å². The van der Waals surface area contributed by atoms with Crippen LogP contribution in [-0.4, -0.2) is 14.5 Å². The fraction of sp³-hybridized carbons (Fsp3) is 0.0714. The van der Waals surface area contributed by atoms with Crippen LogP contribution in [-0.2, 0) is 0 Å². The molecule has 2 aromatic heterocycles. The lowest BCUT2D eigenvalue weighted by atomic mass is 10.1. The molecule has 0 spiro atoms. The summed E-state index contributed by atoms with van der Waals surface area (Å²) in [4.78, 5) is 4.39. The van der Waals surface area contributed by atoms with E-state index in [2.05, 4.69) is 4.98 Å². The number of aryl methyl sites for hydroxylation is 1. The number of para-hydroxylation sites is 1. The average molecular weight is 224 g/mol. The number of benzene rings is 1. The minimum absolute atomic E-state index is 0.259. The summed E-state index contributed by atoms with van der Waals surface area (Å²) in [5, 5.41) is 9.86. The van der Waals surface area contributed by atoms with Crippen molar-refractivity contribution in [2.75, 3.05) is 0 Å². The lowest BCUT2D eigenvalue weighted by Crippen LogP contribution is -1.87. The van der Waals surface area contributed by atoms with Crippen molar-refractivity contribution in [2.24, 2.45) is 0 Å². The number of nitrogens with zero attached hydrogens (tertiary/aromatic N) is 2. The number of hydrogen-bond donors (Lipinski definition) is 1. The number of phenols is 1. The summed E-state index contributed by atoms with van der Waals surface area (Å²) in [5.74, 6) is 0.259. The highest BCUT2D eigenvalue weighted by Gasteiger charge is 2.10. The maximum absolute atomic E-state index is 9.86. The summed E-state index contributed by atoms with van der Waals surface area (Å²) in [6.07, 6.45) is 1.78. The van der Waals surface area contributed by atoms with E-state index in [1.54, 1.807) is 12.4 Å². The van der Waals surface area contributed by atoms with Crippen LogP contribution in [0.3, 0.4) is 0 Å². The molecule has 0 unspecified atom stereocenters. The smallest absolute Gasteiger partial charge is 0.125 e. The molecule has 84 valence electrons. The third kappa shape index (κ3) is 1.47. The summed E-state index contributed by atoms with van der Waals surface area (Å²) in [5.41, 5.74) is 3.70. The second kappa shape index (κ2) is 3.63. The van der Waals surface area contributed by atoms with Crippen LogP contribution in [0.5, 0.6) is 5.75 Å². The Morgan fingerprint density at radius 3 is 2.71 bits per heavy atom. The second-order valence-electron chi connectivity index (χ2n) is 4.03. The van der Waals surface area contributed by atoms with Crippen LogP contribution in [0.1, 0.15) is 5.69 Å². The SMILES string of the molecule is Cc1cccc2c(-c3ccccc3O)ncn12. The number of fused-ring (bicyclic) bond motifs is 1. The topological polar surface area (TPSA) is 37.5 Å². The number of rotatable bonds is 1. The van der Waals surface area contributed by atoms with Crippen molar-refractivity contribution in [3.63, 3.8) is 0 Å². The van der Waals surface area contributed by atoms with Gasteiger partial charge < -0.3 is 9.51 Å². The Kier molecular flexibility index (Phi) is 2.11. The molecule has 0 saturated heterocycles. The summed E-state index contributed by atoms with van der Waals surface area (Å²) >= 11 is 0. The first-order valence-corrected chi connectivity index (χ1v) is 5.48. The van der Waals surface area contributed by atoms with E-state index < -0.39 is 0 Å². The van der Waals surface area contributed by atoms with Crippen LogP contribution in [0.25, 0.3) is 16.8 Å². The molecule has 3 nitrogen and oxygen atoms in total. The molecule has 1 aromatic carbocycles. The van der Waals surface area contributed by atoms with E-state index in [0.717, 1.165) is 22.5 Å². The first-order chi connectivity index (χ1) is 8.27. The van der Waals surface area contributed by atoms with Crippen molar-refractivity contribution in [3.05, 3.63) is 54.5 Å². The highest BCUT2D eigenvalue weighted by atomic mass is 16.3. The largest absolute Gasteiger partial charge is 0.507 e. The molecule has 0 aliphatic heterocycles. The van der Waals surface area contributed by atoms with Gasteiger partial charge >= 0.3 is 0 Å². The quantitative estimate of drug-likeness (QED) is 0.690. The lowest BCUT2D eigenvalue weighted by Gasteiger charge is -2.03. The molecule has 3 aromatic rings. The molecule has 0 bridgehead atoms. The van der Waals surface area contributed by atoms with E-state index in [1.807, 2.05) is 47.7 Å². The van der Waals surface area contributed by atoms with Gasteiger partial charge in [0.05, 0.1) is 11.2 Å². The van der Waals surface area contributed by atoms with E-state index in [1.165, 1.54) is 0 Å². The fourth-order valence-electron chi connectivity index (χ4n) is 2.04. The Bertz CT molecular complexity index is 686. The van der Waals surface area contributed by atoms with Crippen LogP contribution in [0.4, 0.5) is 0 Å². The van der Waals surface area contributed by atoms with Gasteiger partial charge in [-0.2, -0.15) is 0 Å². The minimum atomic E-state index is 0.259. The molecular formula is C14H12N2O. The second-order valence-corrected chi connectivity index (χ2v) is 4.03. The van der Waals surface area contributed by atoms with Gasteiger partial charge in [-0.3, -0.25) is 0 Å². The Labute approximate surface area is 99.0 Å². The lowest BCUT2D eigenvalue weighted by molar-refractivity contribution is 0.477. The normalized spacial score (nSPS) is 10.9. The maximum atomic E-state index is 9.86. The van der Waals surface area contributed by atoms with Crippen LogP contribution in [0, 0.1) is 6.92 Å². The number of aromatic hydroxyl groups is 1. The zero-order chi connectivity index (χ0) is 11.8. The predicted molar refractivity (Wildman–Crippen MR) is 67.0 cm³/mol. The zero-order valence-corrected chi connectivity index (χ0v) is 9.46. The zero-order valence-electron chi connectivity index (χ0n) is 9.46. The number of imidazole rings is 1. The van der Waals surface area contributed by atoms with Crippen LogP contribution >= 0.6 is 0 Å². The highest BCUT2D eigenvalue weighted by molar-refractivity contribution is 5.80. The Hall–Kier alpha value is -2.29. The van der Waals surface area contributed by atoms with Crippen molar-refractivity contribution in [1.29, 1.82) is 0 Å². The van der Waals surface area contributed by atoms with E-state index in [4.69, 9.17) is 0 Å². The molecule has 2 heterocycles. The molecule has 0 amide bonds. The van der Waals surface area contributed by atoms with Crippen LogP contribution < -0.4 is 0 Å². The molecule has 0 saturated carbocycles. The number of pyridine rings is 1. The van der Waals surface area contributed by atoms with Gasteiger partial charge in [-0.05, 0) is 31.2 Å². The molecule has 3 rings (SSSR count). The van der Waals surface area contributed by atoms with Crippen LogP contribution in [0.2, 0.25) is 0 Å². The Morgan fingerprint density at radius 2 is 1.88 bits per heavy atom. The molecule has 0 aliphatic rings. The molecule has 0 fully saturated rings. The van der Waals surface area contributed by atoms with Gasteiger partial charge in [0.25, 0.3) is 0 Å². The van der Waals surface area contributed by atoms with Gasteiger partial charge in [0, 0.05) is 11.3 Å². The first kappa shape index (κ1) is 9.90. The van der Waals surface area contributed by atoms with Crippen molar-refractivity contribution >= 4 is 5.52 Å². The summed E-state index contributed by atoms with van der Waals surface area (Å²) in [6, 6.07) is 13.3. The molecule has 17 heavy (non-hydrogen) atoms. The van der Waals surface area contributed by atoms with E-state index >= 15 is 0 Å². The molecular weight excluding hydrogens is 212 g/mol. The highest BCUT2D eigenvalue weighted by Crippen LogP contribution is 2.30.